The minimum Gasteiger partial charge on any atom is -0.394 e. The fraction of sp³-hybridized carbons (Fsp3) is 0.320. The molecule has 5 rings (SSSR count). The second-order valence-electron chi connectivity index (χ2n) is 9.04. The fourth-order valence-electron chi connectivity index (χ4n) is 4.47. The largest absolute Gasteiger partial charge is 0.394 e. The van der Waals surface area contributed by atoms with E-state index in [0.29, 0.717) is 18.3 Å². The highest BCUT2D eigenvalue weighted by Gasteiger charge is 2.21. The van der Waals surface area contributed by atoms with Gasteiger partial charge < -0.3 is 25.2 Å². The number of piperazine rings is 1. The third-order valence-corrected chi connectivity index (χ3v) is 7.69. The van der Waals surface area contributed by atoms with Crippen molar-refractivity contribution in [3.8, 4) is 0 Å². The summed E-state index contributed by atoms with van der Waals surface area (Å²) < 4.78 is 27.3. The van der Waals surface area contributed by atoms with E-state index in [1.54, 1.807) is 18.5 Å². The Kier molecular flexibility index (Phi) is 6.96. The molecule has 3 N–H and O–H groups in total. The maximum atomic E-state index is 12.1. The zero-order chi connectivity index (χ0) is 26.0. The van der Waals surface area contributed by atoms with Crippen molar-refractivity contribution in [1.82, 2.24) is 24.8 Å². The van der Waals surface area contributed by atoms with E-state index in [-0.39, 0.29) is 12.6 Å². The lowest BCUT2D eigenvalue weighted by Crippen LogP contribution is -2.53. The van der Waals surface area contributed by atoms with Crippen LogP contribution in [0.4, 0.5) is 23.1 Å². The van der Waals surface area contributed by atoms with Crippen molar-refractivity contribution < 1.29 is 13.5 Å². The number of hydrogen-bond acceptors (Lipinski definition) is 9. The molecule has 4 heterocycles. The number of aromatic nitrogens is 4. The van der Waals surface area contributed by atoms with Crippen LogP contribution < -0.4 is 19.8 Å². The SMILES string of the molecule is CN(c1ncccc1Cn1ccc2cnc(Nc3ccc(N4CCNCC4CO)cc3)nc21)S(C)(=O)=O. The van der Waals surface area contributed by atoms with E-state index >= 15 is 0 Å². The van der Waals surface area contributed by atoms with Crippen LogP contribution in [0, 0.1) is 0 Å². The third-order valence-electron chi connectivity index (χ3n) is 6.52. The molecule has 1 aliphatic rings. The van der Waals surface area contributed by atoms with Crippen molar-refractivity contribution in [2.45, 2.75) is 12.6 Å². The molecule has 4 aromatic rings. The van der Waals surface area contributed by atoms with E-state index in [1.165, 1.54) is 11.4 Å². The Morgan fingerprint density at radius 1 is 1.19 bits per heavy atom. The molecule has 1 unspecified atom stereocenters. The summed E-state index contributed by atoms with van der Waals surface area (Å²) in [5, 5.41) is 17.1. The molecule has 1 fully saturated rings. The molecular weight excluding hydrogens is 492 g/mol. The van der Waals surface area contributed by atoms with Gasteiger partial charge in [-0.05, 0) is 36.4 Å². The molecule has 1 atom stereocenters. The van der Waals surface area contributed by atoms with Crippen LogP contribution in [0.3, 0.4) is 0 Å². The summed E-state index contributed by atoms with van der Waals surface area (Å²) in [5.41, 5.74) is 3.38. The van der Waals surface area contributed by atoms with E-state index < -0.39 is 10.0 Å². The maximum Gasteiger partial charge on any atom is 0.233 e. The highest BCUT2D eigenvalue weighted by molar-refractivity contribution is 7.92. The second-order valence-corrected chi connectivity index (χ2v) is 11.1. The molecule has 1 aromatic carbocycles. The standard InChI is InChI=1S/C25H30N8O3S/c1-31(37(2,35)36)23-19(4-3-10-27-23)16-32-12-9-18-14-28-25(30-24(18)32)29-20-5-7-21(8-6-20)33-13-11-26-15-22(33)17-34/h3-10,12,14,22,26,34H,11,13,15-17H2,1-2H3,(H,28,29,30). The monoisotopic (exact) mass is 522 g/mol. The van der Waals surface area contributed by atoms with Crippen LogP contribution in [-0.4, -0.2) is 78.6 Å². The molecule has 12 heteroatoms. The molecule has 1 saturated heterocycles. The van der Waals surface area contributed by atoms with Gasteiger partial charge >= 0.3 is 0 Å². The van der Waals surface area contributed by atoms with Crippen molar-refractivity contribution in [1.29, 1.82) is 0 Å². The summed E-state index contributed by atoms with van der Waals surface area (Å²) in [5.74, 6) is 0.836. The summed E-state index contributed by atoms with van der Waals surface area (Å²) in [7, 11) is -1.95. The van der Waals surface area contributed by atoms with Gasteiger partial charge in [0.15, 0.2) is 0 Å². The summed E-state index contributed by atoms with van der Waals surface area (Å²) in [6.07, 6.45) is 6.40. The van der Waals surface area contributed by atoms with Gasteiger partial charge in [-0.2, -0.15) is 4.98 Å². The van der Waals surface area contributed by atoms with Crippen molar-refractivity contribution >= 4 is 44.2 Å². The van der Waals surface area contributed by atoms with Gasteiger partial charge in [0, 0.05) is 67.6 Å². The second kappa shape index (κ2) is 10.3. The zero-order valence-electron chi connectivity index (χ0n) is 20.7. The summed E-state index contributed by atoms with van der Waals surface area (Å²) in [6, 6.07) is 13.6. The normalized spacial score (nSPS) is 16.2. The average Bonchev–Trinajstić information content (AvgIpc) is 3.30. The Bertz CT molecular complexity index is 1490. The predicted octanol–water partition coefficient (Wildman–Crippen LogP) is 1.78. The number of hydrogen-bond donors (Lipinski definition) is 3. The fourth-order valence-corrected chi connectivity index (χ4v) is 4.94. The van der Waals surface area contributed by atoms with Gasteiger partial charge in [-0.1, -0.05) is 6.07 Å². The van der Waals surface area contributed by atoms with Crippen molar-refractivity contribution in [2.75, 3.05) is 54.1 Å². The number of anilines is 4. The number of sulfonamides is 1. The van der Waals surface area contributed by atoms with E-state index in [2.05, 4.69) is 25.5 Å². The number of benzene rings is 1. The molecule has 0 bridgehead atoms. The third kappa shape index (κ3) is 5.36. The first-order valence-electron chi connectivity index (χ1n) is 12.0. The minimum atomic E-state index is -3.45. The van der Waals surface area contributed by atoms with Crippen molar-refractivity contribution in [2.24, 2.45) is 0 Å². The first-order valence-corrected chi connectivity index (χ1v) is 13.8. The van der Waals surface area contributed by atoms with E-state index in [9.17, 15) is 13.5 Å². The van der Waals surface area contributed by atoms with E-state index in [0.717, 1.165) is 53.9 Å². The Morgan fingerprint density at radius 2 is 2.00 bits per heavy atom. The molecule has 1 aliphatic heterocycles. The lowest BCUT2D eigenvalue weighted by Gasteiger charge is -2.37. The highest BCUT2D eigenvalue weighted by Crippen LogP contribution is 2.25. The number of pyridine rings is 1. The van der Waals surface area contributed by atoms with Crippen molar-refractivity contribution in [3.05, 3.63) is 66.6 Å². The van der Waals surface area contributed by atoms with Gasteiger partial charge in [-0.25, -0.2) is 18.4 Å². The molecule has 0 amide bonds. The van der Waals surface area contributed by atoms with E-state index in [4.69, 9.17) is 4.98 Å². The maximum absolute atomic E-state index is 12.1. The van der Waals surface area contributed by atoms with Gasteiger partial charge in [-0.15, -0.1) is 0 Å². The highest BCUT2D eigenvalue weighted by atomic mass is 32.2. The average molecular weight is 523 g/mol. The number of fused-ring (bicyclic) bond motifs is 1. The lowest BCUT2D eigenvalue weighted by molar-refractivity contribution is 0.246. The van der Waals surface area contributed by atoms with Crippen LogP contribution in [0.1, 0.15) is 5.56 Å². The molecule has 11 nitrogen and oxygen atoms in total. The quantitative estimate of drug-likeness (QED) is 0.317. The molecular formula is C25H30N8O3S. The smallest absolute Gasteiger partial charge is 0.233 e. The first-order chi connectivity index (χ1) is 17.8. The Labute approximate surface area is 215 Å². The number of rotatable bonds is 8. The molecule has 0 radical (unpaired) electrons. The predicted molar refractivity (Wildman–Crippen MR) is 145 cm³/mol. The van der Waals surface area contributed by atoms with Crippen LogP contribution in [0.15, 0.2) is 61.1 Å². The van der Waals surface area contributed by atoms with Crippen LogP contribution in [-0.2, 0) is 16.6 Å². The van der Waals surface area contributed by atoms with Crippen LogP contribution >= 0.6 is 0 Å². The number of aliphatic hydroxyl groups is 1. The number of nitrogens with zero attached hydrogens (tertiary/aromatic N) is 6. The molecule has 0 saturated carbocycles. The zero-order valence-corrected chi connectivity index (χ0v) is 21.6. The Balaban J connectivity index is 1.36. The summed E-state index contributed by atoms with van der Waals surface area (Å²) in [6.45, 7) is 2.98. The van der Waals surface area contributed by atoms with Gasteiger partial charge in [0.25, 0.3) is 0 Å². The van der Waals surface area contributed by atoms with Gasteiger partial charge in [0.2, 0.25) is 16.0 Å². The first kappa shape index (κ1) is 24.9. The molecule has 0 aliphatic carbocycles. The summed E-state index contributed by atoms with van der Waals surface area (Å²) >= 11 is 0. The molecule has 194 valence electrons. The Hall–Kier alpha value is -3.74. The minimum absolute atomic E-state index is 0.0589. The number of nitrogens with one attached hydrogen (secondary N) is 2. The molecule has 37 heavy (non-hydrogen) atoms. The lowest BCUT2D eigenvalue weighted by atomic mass is 10.1. The van der Waals surface area contributed by atoms with Gasteiger partial charge in [0.05, 0.1) is 25.4 Å². The van der Waals surface area contributed by atoms with Crippen molar-refractivity contribution in [3.63, 3.8) is 0 Å². The van der Waals surface area contributed by atoms with Gasteiger partial charge in [0.1, 0.15) is 11.5 Å². The van der Waals surface area contributed by atoms with Crippen LogP contribution in [0.25, 0.3) is 11.0 Å². The van der Waals surface area contributed by atoms with Crippen LogP contribution in [0.2, 0.25) is 0 Å². The van der Waals surface area contributed by atoms with Gasteiger partial charge in [-0.3, -0.25) is 4.31 Å². The summed E-state index contributed by atoms with van der Waals surface area (Å²) in [4.78, 5) is 15.7. The van der Waals surface area contributed by atoms with E-state index in [1.807, 2.05) is 47.2 Å². The molecule has 0 spiro atoms. The molecule has 3 aromatic heterocycles. The topological polar surface area (TPSA) is 129 Å². The number of aliphatic hydroxyl groups excluding tert-OH is 1. The van der Waals surface area contributed by atoms with Crippen LogP contribution in [0.5, 0.6) is 0 Å². The Morgan fingerprint density at radius 3 is 2.76 bits per heavy atom.